The second-order valence-electron chi connectivity index (χ2n) is 4.41. The number of aromatic amines is 1. The van der Waals surface area contributed by atoms with Crippen molar-refractivity contribution in [1.29, 1.82) is 0 Å². The Bertz CT molecular complexity index is 754. The Morgan fingerprint density at radius 3 is 2.24 bits per heavy atom. The van der Waals surface area contributed by atoms with E-state index in [4.69, 9.17) is 9.47 Å². The fourth-order valence-electron chi connectivity index (χ4n) is 2.21. The minimum Gasteiger partial charge on any atom is -0.496 e. The maximum atomic E-state index is 13.3. The largest absolute Gasteiger partial charge is 0.496 e. The summed E-state index contributed by atoms with van der Waals surface area (Å²) in [6, 6.07) is 7.41. The summed E-state index contributed by atoms with van der Waals surface area (Å²) in [5.74, 6) is -0.342. The molecule has 6 heteroatoms. The van der Waals surface area contributed by atoms with Crippen LogP contribution >= 0.6 is 0 Å². The number of hydrogen-bond acceptors (Lipinski definition) is 3. The van der Waals surface area contributed by atoms with Crippen molar-refractivity contribution < 1.29 is 18.3 Å². The number of methoxy groups -OCH3 is 2. The van der Waals surface area contributed by atoms with Crippen LogP contribution < -0.4 is 9.47 Å². The molecule has 0 fully saturated rings. The molecular formula is C15H12F2N2O2. The zero-order chi connectivity index (χ0) is 15.0. The van der Waals surface area contributed by atoms with Crippen LogP contribution in [0.15, 0.2) is 30.3 Å². The molecule has 1 aromatic heterocycles. The van der Waals surface area contributed by atoms with Gasteiger partial charge < -0.3 is 14.5 Å². The van der Waals surface area contributed by atoms with E-state index < -0.39 is 11.6 Å². The van der Waals surface area contributed by atoms with Crippen LogP contribution in [0.25, 0.3) is 22.4 Å². The minimum atomic E-state index is -0.937. The van der Waals surface area contributed by atoms with Gasteiger partial charge in [0.05, 0.1) is 25.3 Å². The predicted octanol–water partition coefficient (Wildman–Crippen LogP) is 3.53. The number of aromatic nitrogens is 2. The lowest BCUT2D eigenvalue weighted by Crippen LogP contribution is -1.93. The molecule has 0 aliphatic rings. The maximum Gasteiger partial charge on any atom is 0.161 e. The van der Waals surface area contributed by atoms with Gasteiger partial charge in [0.15, 0.2) is 11.6 Å². The van der Waals surface area contributed by atoms with Gasteiger partial charge in [-0.2, -0.15) is 0 Å². The normalized spacial score (nSPS) is 10.9. The molecule has 0 saturated heterocycles. The SMILES string of the molecule is COc1cccc(OC)c1-c1nc2cc(F)c(F)cc2[nH]1. The maximum absolute atomic E-state index is 13.3. The zero-order valence-corrected chi connectivity index (χ0v) is 11.4. The molecule has 108 valence electrons. The highest BCUT2D eigenvalue weighted by Gasteiger charge is 2.17. The van der Waals surface area contributed by atoms with Crippen molar-refractivity contribution in [3.63, 3.8) is 0 Å². The topological polar surface area (TPSA) is 47.1 Å². The van der Waals surface area contributed by atoms with Gasteiger partial charge in [0, 0.05) is 12.1 Å². The fourth-order valence-corrected chi connectivity index (χ4v) is 2.21. The first-order valence-electron chi connectivity index (χ1n) is 6.20. The molecule has 4 nitrogen and oxygen atoms in total. The molecule has 0 atom stereocenters. The van der Waals surface area contributed by atoms with Crippen molar-refractivity contribution in [3.05, 3.63) is 42.0 Å². The molecule has 0 bridgehead atoms. The Balaban J connectivity index is 2.25. The van der Waals surface area contributed by atoms with Gasteiger partial charge in [-0.3, -0.25) is 0 Å². The summed E-state index contributed by atoms with van der Waals surface area (Å²) in [6.45, 7) is 0. The van der Waals surface area contributed by atoms with Crippen LogP contribution in [0.3, 0.4) is 0 Å². The summed E-state index contributed by atoms with van der Waals surface area (Å²) in [5.41, 5.74) is 1.33. The number of rotatable bonds is 3. The van der Waals surface area contributed by atoms with Gasteiger partial charge in [0.1, 0.15) is 22.9 Å². The van der Waals surface area contributed by atoms with Crippen LogP contribution in [0.4, 0.5) is 8.78 Å². The smallest absolute Gasteiger partial charge is 0.161 e. The number of nitrogens with zero attached hydrogens (tertiary/aromatic N) is 1. The number of fused-ring (bicyclic) bond motifs is 1. The molecule has 0 unspecified atom stereocenters. The van der Waals surface area contributed by atoms with E-state index in [0.29, 0.717) is 33.9 Å². The molecular weight excluding hydrogens is 278 g/mol. The van der Waals surface area contributed by atoms with E-state index in [1.165, 1.54) is 14.2 Å². The molecule has 3 aromatic rings. The van der Waals surface area contributed by atoms with Crippen LogP contribution in [0.5, 0.6) is 11.5 Å². The number of halogens is 2. The first kappa shape index (κ1) is 13.4. The van der Waals surface area contributed by atoms with Gasteiger partial charge >= 0.3 is 0 Å². The predicted molar refractivity (Wildman–Crippen MR) is 74.5 cm³/mol. The lowest BCUT2D eigenvalue weighted by Gasteiger charge is -2.10. The first-order chi connectivity index (χ1) is 10.1. The van der Waals surface area contributed by atoms with Crippen LogP contribution in [0.1, 0.15) is 0 Å². The molecule has 0 aliphatic heterocycles. The number of hydrogen-bond donors (Lipinski definition) is 1. The number of H-pyrrole nitrogens is 1. The molecule has 2 aromatic carbocycles. The van der Waals surface area contributed by atoms with Crippen molar-refractivity contribution in [2.24, 2.45) is 0 Å². The standard InChI is InChI=1S/C15H12F2N2O2/c1-20-12-4-3-5-13(21-2)14(12)15-18-10-6-8(16)9(17)7-11(10)19-15/h3-7H,1-2H3,(H,18,19). The van der Waals surface area contributed by atoms with E-state index in [-0.39, 0.29) is 0 Å². The third kappa shape index (κ3) is 2.18. The highest BCUT2D eigenvalue weighted by atomic mass is 19.2. The molecule has 0 amide bonds. The number of benzene rings is 2. The summed E-state index contributed by atoms with van der Waals surface area (Å²) in [5, 5.41) is 0. The summed E-state index contributed by atoms with van der Waals surface area (Å²) in [6.07, 6.45) is 0. The number of imidazole rings is 1. The first-order valence-corrected chi connectivity index (χ1v) is 6.20. The molecule has 21 heavy (non-hydrogen) atoms. The Hall–Kier alpha value is -2.63. The Morgan fingerprint density at radius 2 is 1.62 bits per heavy atom. The monoisotopic (exact) mass is 290 g/mol. The lowest BCUT2D eigenvalue weighted by molar-refractivity contribution is 0.397. The van der Waals surface area contributed by atoms with Crippen molar-refractivity contribution in [1.82, 2.24) is 9.97 Å². The molecule has 0 saturated carbocycles. The van der Waals surface area contributed by atoms with Crippen LogP contribution in [0.2, 0.25) is 0 Å². The molecule has 0 radical (unpaired) electrons. The average Bonchev–Trinajstić information content (AvgIpc) is 2.89. The van der Waals surface area contributed by atoms with E-state index in [1.807, 2.05) is 0 Å². The third-order valence-corrected chi connectivity index (χ3v) is 3.19. The zero-order valence-electron chi connectivity index (χ0n) is 11.4. The molecule has 1 N–H and O–H groups in total. The Morgan fingerprint density at radius 1 is 1.00 bits per heavy atom. The van der Waals surface area contributed by atoms with E-state index in [0.717, 1.165) is 12.1 Å². The Labute approximate surface area is 119 Å². The summed E-state index contributed by atoms with van der Waals surface area (Å²) in [4.78, 5) is 7.23. The van der Waals surface area contributed by atoms with E-state index in [2.05, 4.69) is 9.97 Å². The van der Waals surface area contributed by atoms with Crippen molar-refractivity contribution in [2.45, 2.75) is 0 Å². The molecule has 0 spiro atoms. The highest BCUT2D eigenvalue weighted by Crippen LogP contribution is 2.37. The van der Waals surface area contributed by atoms with Gasteiger partial charge in [0.25, 0.3) is 0 Å². The second kappa shape index (κ2) is 5.05. The van der Waals surface area contributed by atoms with Crippen molar-refractivity contribution in [2.75, 3.05) is 14.2 Å². The van der Waals surface area contributed by atoms with Crippen LogP contribution in [0, 0.1) is 11.6 Å². The quantitative estimate of drug-likeness (QED) is 0.802. The number of nitrogens with one attached hydrogen (secondary N) is 1. The van der Waals surface area contributed by atoms with Crippen molar-refractivity contribution in [3.8, 4) is 22.9 Å². The summed E-state index contributed by atoms with van der Waals surface area (Å²) in [7, 11) is 3.06. The average molecular weight is 290 g/mol. The molecule has 0 aliphatic carbocycles. The lowest BCUT2D eigenvalue weighted by atomic mass is 10.1. The van der Waals surface area contributed by atoms with E-state index >= 15 is 0 Å². The molecule has 3 rings (SSSR count). The van der Waals surface area contributed by atoms with Gasteiger partial charge in [-0.05, 0) is 12.1 Å². The van der Waals surface area contributed by atoms with Gasteiger partial charge in [-0.25, -0.2) is 13.8 Å². The number of ether oxygens (including phenoxy) is 2. The van der Waals surface area contributed by atoms with E-state index in [9.17, 15) is 8.78 Å². The fraction of sp³-hybridized carbons (Fsp3) is 0.133. The third-order valence-electron chi connectivity index (χ3n) is 3.19. The van der Waals surface area contributed by atoms with Gasteiger partial charge in [-0.1, -0.05) is 6.07 Å². The molecule has 1 heterocycles. The highest BCUT2D eigenvalue weighted by molar-refractivity contribution is 5.82. The summed E-state index contributed by atoms with van der Waals surface area (Å²) >= 11 is 0. The van der Waals surface area contributed by atoms with Gasteiger partial charge in [0.2, 0.25) is 0 Å². The van der Waals surface area contributed by atoms with Crippen LogP contribution in [-0.2, 0) is 0 Å². The van der Waals surface area contributed by atoms with Gasteiger partial charge in [-0.15, -0.1) is 0 Å². The second-order valence-corrected chi connectivity index (χ2v) is 4.41. The van der Waals surface area contributed by atoms with Crippen LogP contribution in [-0.4, -0.2) is 24.2 Å². The van der Waals surface area contributed by atoms with Crippen molar-refractivity contribution >= 4 is 11.0 Å². The Kier molecular flexibility index (Phi) is 3.21. The minimum absolute atomic E-state index is 0.330. The van der Waals surface area contributed by atoms with E-state index in [1.54, 1.807) is 18.2 Å². The summed E-state index contributed by atoms with van der Waals surface area (Å²) < 4.78 is 37.1.